The van der Waals surface area contributed by atoms with Crippen LogP contribution in [0.15, 0.2) is 60.9 Å². The van der Waals surface area contributed by atoms with Crippen LogP contribution in [0.4, 0.5) is 5.82 Å². The lowest BCUT2D eigenvalue weighted by atomic mass is 10.0. The number of likely N-dealkylation sites (N-methyl/N-ethyl adjacent to an activating group) is 1. The van der Waals surface area contributed by atoms with Gasteiger partial charge in [0, 0.05) is 44.0 Å². The topological polar surface area (TPSA) is 49.3 Å². The SMILES string of the molecule is CN(C(=O)c1cccc2cccnc12)C1CCCN(c2ccccn2)C1. The minimum Gasteiger partial charge on any atom is -0.355 e. The molecule has 26 heavy (non-hydrogen) atoms. The normalized spacial score (nSPS) is 17.3. The van der Waals surface area contributed by atoms with Gasteiger partial charge in [-0.25, -0.2) is 4.98 Å². The Morgan fingerprint density at radius 1 is 1.08 bits per heavy atom. The summed E-state index contributed by atoms with van der Waals surface area (Å²) in [6, 6.07) is 15.8. The summed E-state index contributed by atoms with van der Waals surface area (Å²) in [5.74, 6) is 1.01. The zero-order valence-corrected chi connectivity index (χ0v) is 14.9. The van der Waals surface area contributed by atoms with Crippen molar-refractivity contribution < 1.29 is 4.79 Å². The second-order valence-corrected chi connectivity index (χ2v) is 6.73. The van der Waals surface area contributed by atoms with E-state index in [4.69, 9.17) is 0 Å². The summed E-state index contributed by atoms with van der Waals surface area (Å²) >= 11 is 0. The second kappa shape index (κ2) is 7.12. The highest BCUT2D eigenvalue weighted by molar-refractivity contribution is 6.05. The molecule has 4 rings (SSSR count). The van der Waals surface area contributed by atoms with Crippen molar-refractivity contribution in [3.8, 4) is 0 Å². The van der Waals surface area contributed by atoms with Gasteiger partial charge in [0.15, 0.2) is 0 Å². The van der Waals surface area contributed by atoms with Gasteiger partial charge in [-0.15, -0.1) is 0 Å². The number of piperidine rings is 1. The molecule has 1 aromatic carbocycles. The van der Waals surface area contributed by atoms with Gasteiger partial charge in [0.25, 0.3) is 5.91 Å². The van der Waals surface area contributed by atoms with Crippen LogP contribution in [0.1, 0.15) is 23.2 Å². The van der Waals surface area contributed by atoms with Crippen LogP contribution in [-0.4, -0.2) is 47.0 Å². The number of benzene rings is 1. The Kier molecular flexibility index (Phi) is 4.52. The summed E-state index contributed by atoms with van der Waals surface area (Å²) in [5.41, 5.74) is 1.44. The molecular formula is C21H22N4O. The van der Waals surface area contributed by atoms with Crippen molar-refractivity contribution in [2.45, 2.75) is 18.9 Å². The van der Waals surface area contributed by atoms with E-state index in [1.54, 1.807) is 6.20 Å². The average molecular weight is 346 g/mol. The van der Waals surface area contributed by atoms with Gasteiger partial charge in [-0.2, -0.15) is 0 Å². The first kappa shape index (κ1) is 16.5. The van der Waals surface area contributed by atoms with Gasteiger partial charge in [-0.1, -0.05) is 24.3 Å². The number of anilines is 1. The van der Waals surface area contributed by atoms with Crippen LogP contribution < -0.4 is 4.90 Å². The standard InChI is InChI=1S/C21H22N4O/c1-24(17-9-6-14-25(15-17)19-11-2-3-12-22-19)21(26)18-10-4-7-16-8-5-13-23-20(16)18/h2-5,7-8,10-13,17H,6,9,14-15H2,1H3. The Morgan fingerprint density at radius 2 is 1.92 bits per heavy atom. The summed E-state index contributed by atoms with van der Waals surface area (Å²) in [7, 11) is 1.90. The van der Waals surface area contributed by atoms with E-state index in [0.29, 0.717) is 5.56 Å². The molecule has 2 aromatic heterocycles. The fraction of sp³-hybridized carbons (Fsp3) is 0.286. The molecule has 1 amide bonds. The number of amides is 1. The van der Waals surface area contributed by atoms with Crippen molar-refractivity contribution in [1.29, 1.82) is 0 Å². The summed E-state index contributed by atoms with van der Waals surface area (Å²) in [6.07, 6.45) is 5.61. The van der Waals surface area contributed by atoms with Crippen molar-refractivity contribution in [2.75, 3.05) is 25.0 Å². The van der Waals surface area contributed by atoms with Crippen molar-refractivity contribution in [3.63, 3.8) is 0 Å². The fourth-order valence-corrected chi connectivity index (χ4v) is 3.65. The number of rotatable bonds is 3. The zero-order valence-electron chi connectivity index (χ0n) is 14.9. The predicted octanol–water partition coefficient (Wildman–Crippen LogP) is 3.37. The van der Waals surface area contributed by atoms with Crippen LogP contribution in [-0.2, 0) is 0 Å². The first-order valence-corrected chi connectivity index (χ1v) is 9.01. The molecule has 0 N–H and O–H groups in total. The Hall–Kier alpha value is -2.95. The molecule has 1 fully saturated rings. The minimum absolute atomic E-state index is 0.0298. The van der Waals surface area contributed by atoms with Crippen LogP contribution in [0.2, 0.25) is 0 Å². The third kappa shape index (κ3) is 3.12. The van der Waals surface area contributed by atoms with E-state index in [0.717, 1.165) is 42.7 Å². The molecule has 0 bridgehead atoms. The maximum atomic E-state index is 13.2. The Labute approximate surface area is 153 Å². The summed E-state index contributed by atoms with van der Waals surface area (Å²) in [5, 5.41) is 0.991. The molecule has 1 aliphatic rings. The lowest BCUT2D eigenvalue weighted by molar-refractivity contribution is 0.0719. The molecule has 0 saturated carbocycles. The molecule has 5 heteroatoms. The first-order valence-electron chi connectivity index (χ1n) is 9.01. The first-order chi connectivity index (χ1) is 12.7. The van der Waals surface area contributed by atoms with Crippen LogP contribution in [0.25, 0.3) is 10.9 Å². The van der Waals surface area contributed by atoms with E-state index in [9.17, 15) is 4.79 Å². The highest BCUT2D eigenvalue weighted by Gasteiger charge is 2.28. The molecule has 3 heterocycles. The summed E-state index contributed by atoms with van der Waals surface area (Å²) in [4.78, 5) is 26.2. The highest BCUT2D eigenvalue weighted by Crippen LogP contribution is 2.23. The zero-order chi connectivity index (χ0) is 17.9. The van der Waals surface area contributed by atoms with E-state index < -0.39 is 0 Å². The predicted molar refractivity (Wildman–Crippen MR) is 103 cm³/mol. The van der Waals surface area contributed by atoms with E-state index in [-0.39, 0.29) is 11.9 Å². The molecule has 1 unspecified atom stereocenters. The maximum absolute atomic E-state index is 13.2. The third-order valence-electron chi connectivity index (χ3n) is 5.10. The lowest BCUT2D eigenvalue weighted by Crippen LogP contribution is -2.48. The quantitative estimate of drug-likeness (QED) is 0.730. The van der Waals surface area contributed by atoms with E-state index in [1.807, 2.05) is 66.7 Å². The second-order valence-electron chi connectivity index (χ2n) is 6.73. The fourth-order valence-electron chi connectivity index (χ4n) is 3.65. The Bertz CT molecular complexity index is 907. The lowest BCUT2D eigenvalue weighted by Gasteiger charge is -2.38. The number of carbonyl (C=O) groups excluding carboxylic acids is 1. The van der Waals surface area contributed by atoms with Gasteiger partial charge in [-0.3, -0.25) is 9.78 Å². The smallest absolute Gasteiger partial charge is 0.256 e. The van der Waals surface area contributed by atoms with Gasteiger partial charge in [0.1, 0.15) is 5.82 Å². The van der Waals surface area contributed by atoms with Gasteiger partial charge >= 0.3 is 0 Å². The van der Waals surface area contributed by atoms with Crippen LogP contribution in [0, 0.1) is 0 Å². The van der Waals surface area contributed by atoms with E-state index >= 15 is 0 Å². The number of nitrogens with zero attached hydrogens (tertiary/aromatic N) is 4. The van der Waals surface area contributed by atoms with Gasteiger partial charge in [0.05, 0.1) is 11.1 Å². The van der Waals surface area contributed by atoms with Crippen molar-refractivity contribution in [2.24, 2.45) is 0 Å². The number of aromatic nitrogens is 2. The largest absolute Gasteiger partial charge is 0.355 e. The molecule has 0 aliphatic carbocycles. The molecular weight excluding hydrogens is 324 g/mol. The highest BCUT2D eigenvalue weighted by atomic mass is 16.2. The number of carbonyl (C=O) groups is 1. The van der Waals surface area contributed by atoms with Crippen molar-refractivity contribution in [3.05, 3.63) is 66.5 Å². The number of hydrogen-bond acceptors (Lipinski definition) is 4. The van der Waals surface area contributed by atoms with Crippen molar-refractivity contribution >= 4 is 22.6 Å². The Morgan fingerprint density at radius 3 is 2.77 bits per heavy atom. The maximum Gasteiger partial charge on any atom is 0.256 e. The molecule has 0 radical (unpaired) electrons. The third-order valence-corrected chi connectivity index (χ3v) is 5.10. The monoisotopic (exact) mass is 346 g/mol. The molecule has 1 atom stereocenters. The van der Waals surface area contributed by atoms with Gasteiger partial charge < -0.3 is 9.80 Å². The number of para-hydroxylation sites is 1. The van der Waals surface area contributed by atoms with Gasteiger partial charge in [0.2, 0.25) is 0 Å². The Balaban J connectivity index is 1.56. The molecule has 3 aromatic rings. The molecule has 1 saturated heterocycles. The van der Waals surface area contributed by atoms with E-state index in [1.165, 1.54) is 0 Å². The summed E-state index contributed by atoms with van der Waals surface area (Å²) < 4.78 is 0. The van der Waals surface area contributed by atoms with Crippen LogP contribution >= 0.6 is 0 Å². The van der Waals surface area contributed by atoms with Crippen LogP contribution in [0.5, 0.6) is 0 Å². The van der Waals surface area contributed by atoms with Gasteiger partial charge in [-0.05, 0) is 37.1 Å². The number of hydrogen-bond donors (Lipinski definition) is 0. The molecule has 5 nitrogen and oxygen atoms in total. The number of pyridine rings is 2. The summed E-state index contributed by atoms with van der Waals surface area (Å²) in [6.45, 7) is 1.78. The molecule has 1 aliphatic heterocycles. The van der Waals surface area contributed by atoms with E-state index in [2.05, 4.69) is 14.9 Å². The minimum atomic E-state index is 0.0298. The molecule has 132 valence electrons. The number of fused-ring (bicyclic) bond motifs is 1. The average Bonchev–Trinajstić information content (AvgIpc) is 2.73. The van der Waals surface area contributed by atoms with Crippen molar-refractivity contribution in [1.82, 2.24) is 14.9 Å². The van der Waals surface area contributed by atoms with Crippen LogP contribution in [0.3, 0.4) is 0 Å². The molecule has 0 spiro atoms.